The molecule has 0 aliphatic carbocycles. The highest BCUT2D eigenvalue weighted by atomic mass is 16.5. The lowest BCUT2D eigenvalue weighted by Crippen LogP contribution is -2.37. The second-order valence-corrected chi connectivity index (χ2v) is 9.28. The number of hydrogen-bond donors (Lipinski definition) is 0. The minimum absolute atomic E-state index is 0.217. The van der Waals surface area contributed by atoms with Crippen LogP contribution >= 0.6 is 0 Å². The summed E-state index contributed by atoms with van der Waals surface area (Å²) in [4.78, 5) is 27.1. The van der Waals surface area contributed by atoms with Gasteiger partial charge >= 0.3 is 0 Å². The molecule has 2 aromatic rings. The third-order valence-corrected chi connectivity index (χ3v) is 6.89. The zero-order valence-electron chi connectivity index (χ0n) is 19.8. The first-order chi connectivity index (χ1) is 15.5. The molecule has 6 nitrogen and oxygen atoms in total. The zero-order chi connectivity index (χ0) is 22.5. The molecule has 2 aliphatic rings. The van der Waals surface area contributed by atoms with Crippen LogP contribution in [0.3, 0.4) is 0 Å². The van der Waals surface area contributed by atoms with Gasteiger partial charge in [0.2, 0.25) is 5.91 Å². The molecule has 0 spiro atoms. The van der Waals surface area contributed by atoms with E-state index >= 15 is 0 Å². The Hall–Kier alpha value is -2.47. The van der Waals surface area contributed by atoms with E-state index in [0.29, 0.717) is 12.3 Å². The average Bonchev–Trinajstić information content (AvgIpc) is 2.82. The van der Waals surface area contributed by atoms with Crippen molar-refractivity contribution in [2.24, 2.45) is 0 Å². The number of rotatable bonds is 6. The SMILES string of the molecule is COc1cccc(CN2CCC[C@H](c3nc(C)c(CC(=O)N4CCCCC4)c(C)n3)C2)c1. The second-order valence-electron chi connectivity index (χ2n) is 9.28. The Balaban J connectivity index is 1.43. The molecule has 2 fully saturated rings. The van der Waals surface area contributed by atoms with Gasteiger partial charge in [-0.1, -0.05) is 12.1 Å². The van der Waals surface area contributed by atoms with Gasteiger partial charge in [-0.2, -0.15) is 0 Å². The summed E-state index contributed by atoms with van der Waals surface area (Å²) in [6.45, 7) is 8.81. The van der Waals surface area contributed by atoms with E-state index in [1.54, 1.807) is 7.11 Å². The summed E-state index contributed by atoms with van der Waals surface area (Å²) in [6.07, 6.45) is 6.14. The maximum Gasteiger partial charge on any atom is 0.227 e. The number of aromatic nitrogens is 2. The lowest BCUT2D eigenvalue weighted by molar-refractivity contribution is -0.131. The topological polar surface area (TPSA) is 58.6 Å². The number of methoxy groups -OCH3 is 1. The molecule has 1 amide bonds. The second kappa shape index (κ2) is 10.4. The first-order valence-electron chi connectivity index (χ1n) is 12.0. The Morgan fingerprint density at radius 2 is 1.81 bits per heavy atom. The molecule has 4 rings (SSSR count). The Kier molecular flexibility index (Phi) is 7.40. The molecule has 1 aromatic heterocycles. The van der Waals surface area contributed by atoms with Crippen molar-refractivity contribution in [1.29, 1.82) is 0 Å². The quantitative estimate of drug-likeness (QED) is 0.684. The Bertz CT molecular complexity index is 916. The van der Waals surface area contributed by atoms with Gasteiger partial charge in [-0.25, -0.2) is 9.97 Å². The molecule has 2 aliphatic heterocycles. The number of benzene rings is 1. The summed E-state index contributed by atoms with van der Waals surface area (Å²) >= 11 is 0. The van der Waals surface area contributed by atoms with Gasteiger partial charge in [-0.3, -0.25) is 9.69 Å². The largest absolute Gasteiger partial charge is 0.497 e. The Morgan fingerprint density at radius 1 is 1.06 bits per heavy atom. The molecule has 0 N–H and O–H groups in total. The van der Waals surface area contributed by atoms with Gasteiger partial charge < -0.3 is 9.64 Å². The van der Waals surface area contributed by atoms with Crippen molar-refractivity contribution in [3.63, 3.8) is 0 Å². The molecular weight excluding hydrogens is 400 g/mol. The van der Waals surface area contributed by atoms with Crippen molar-refractivity contribution < 1.29 is 9.53 Å². The number of piperidine rings is 2. The van der Waals surface area contributed by atoms with Gasteiger partial charge in [-0.15, -0.1) is 0 Å². The monoisotopic (exact) mass is 436 g/mol. The Morgan fingerprint density at radius 3 is 2.53 bits per heavy atom. The number of aryl methyl sites for hydroxylation is 2. The molecule has 1 aromatic carbocycles. The zero-order valence-corrected chi connectivity index (χ0v) is 19.8. The maximum absolute atomic E-state index is 12.8. The number of likely N-dealkylation sites (tertiary alicyclic amines) is 2. The van der Waals surface area contributed by atoms with E-state index in [4.69, 9.17) is 14.7 Å². The van der Waals surface area contributed by atoms with Crippen LogP contribution in [0.2, 0.25) is 0 Å². The van der Waals surface area contributed by atoms with Crippen LogP contribution in [0, 0.1) is 13.8 Å². The summed E-state index contributed by atoms with van der Waals surface area (Å²) in [5.74, 6) is 2.39. The van der Waals surface area contributed by atoms with E-state index in [-0.39, 0.29) is 5.91 Å². The van der Waals surface area contributed by atoms with Crippen LogP contribution in [0.4, 0.5) is 0 Å². The highest BCUT2D eigenvalue weighted by molar-refractivity contribution is 5.79. The standard InChI is InChI=1S/C26H36N4O2/c1-19-24(16-25(31)30-13-5-4-6-14-30)20(2)28-26(27-19)22-10-8-12-29(18-22)17-21-9-7-11-23(15-21)32-3/h7,9,11,15,22H,4-6,8,10,12-14,16-18H2,1-3H3/t22-/m0/s1. The fourth-order valence-corrected chi connectivity index (χ4v) is 5.05. The van der Waals surface area contributed by atoms with Gasteiger partial charge in [0.05, 0.1) is 13.5 Å². The van der Waals surface area contributed by atoms with Crippen molar-refractivity contribution in [2.75, 3.05) is 33.3 Å². The van der Waals surface area contributed by atoms with Crippen LogP contribution in [0.15, 0.2) is 24.3 Å². The van der Waals surface area contributed by atoms with E-state index in [0.717, 1.165) is 86.9 Å². The third kappa shape index (κ3) is 5.47. The molecule has 0 radical (unpaired) electrons. The van der Waals surface area contributed by atoms with Gasteiger partial charge in [0.15, 0.2) is 0 Å². The van der Waals surface area contributed by atoms with E-state index in [1.165, 1.54) is 12.0 Å². The predicted molar refractivity (Wildman–Crippen MR) is 126 cm³/mol. The normalized spacial score (nSPS) is 19.7. The van der Waals surface area contributed by atoms with Crippen LogP contribution in [-0.2, 0) is 17.8 Å². The summed E-state index contributed by atoms with van der Waals surface area (Å²) < 4.78 is 5.37. The molecular formula is C26H36N4O2. The summed E-state index contributed by atoms with van der Waals surface area (Å²) in [7, 11) is 1.71. The number of carbonyl (C=O) groups excluding carboxylic acids is 1. The van der Waals surface area contributed by atoms with Crippen LogP contribution in [0.5, 0.6) is 5.75 Å². The summed E-state index contributed by atoms with van der Waals surface area (Å²) in [5, 5.41) is 0. The highest BCUT2D eigenvalue weighted by Crippen LogP contribution is 2.27. The number of hydrogen-bond acceptors (Lipinski definition) is 5. The van der Waals surface area contributed by atoms with Gasteiger partial charge in [-0.05, 0) is 70.2 Å². The number of carbonyl (C=O) groups is 1. The number of amides is 1. The molecule has 6 heteroatoms. The molecule has 2 saturated heterocycles. The molecule has 0 bridgehead atoms. The summed E-state index contributed by atoms with van der Waals surface area (Å²) in [5.41, 5.74) is 4.20. The molecule has 32 heavy (non-hydrogen) atoms. The van der Waals surface area contributed by atoms with Crippen LogP contribution < -0.4 is 4.74 Å². The fraction of sp³-hybridized carbons (Fsp3) is 0.577. The van der Waals surface area contributed by atoms with Gasteiger partial charge in [0.25, 0.3) is 0 Å². The Labute approximate surface area is 192 Å². The summed E-state index contributed by atoms with van der Waals surface area (Å²) in [6, 6.07) is 8.31. The molecule has 172 valence electrons. The number of ether oxygens (including phenoxy) is 1. The molecule has 1 atom stereocenters. The van der Waals surface area contributed by atoms with Crippen LogP contribution in [-0.4, -0.2) is 59.0 Å². The van der Waals surface area contributed by atoms with Crippen molar-refractivity contribution in [3.8, 4) is 5.75 Å². The van der Waals surface area contributed by atoms with E-state index in [1.807, 2.05) is 24.8 Å². The minimum atomic E-state index is 0.217. The van der Waals surface area contributed by atoms with Gasteiger partial charge in [0.1, 0.15) is 11.6 Å². The van der Waals surface area contributed by atoms with Crippen molar-refractivity contribution in [3.05, 3.63) is 52.6 Å². The van der Waals surface area contributed by atoms with Gasteiger partial charge in [0, 0.05) is 49.0 Å². The lowest BCUT2D eigenvalue weighted by Gasteiger charge is -2.32. The van der Waals surface area contributed by atoms with E-state index in [9.17, 15) is 4.79 Å². The van der Waals surface area contributed by atoms with Crippen LogP contribution in [0.25, 0.3) is 0 Å². The number of nitrogens with zero attached hydrogens (tertiary/aromatic N) is 4. The average molecular weight is 437 g/mol. The predicted octanol–water partition coefficient (Wildman–Crippen LogP) is 4.04. The first kappa shape index (κ1) is 22.7. The molecule has 0 unspecified atom stereocenters. The van der Waals surface area contributed by atoms with Crippen molar-refractivity contribution >= 4 is 5.91 Å². The maximum atomic E-state index is 12.8. The molecule has 0 saturated carbocycles. The van der Waals surface area contributed by atoms with E-state index in [2.05, 4.69) is 23.1 Å². The van der Waals surface area contributed by atoms with Crippen LogP contribution in [0.1, 0.15) is 66.4 Å². The minimum Gasteiger partial charge on any atom is -0.497 e. The smallest absolute Gasteiger partial charge is 0.227 e. The third-order valence-electron chi connectivity index (χ3n) is 6.89. The molecule has 3 heterocycles. The highest BCUT2D eigenvalue weighted by Gasteiger charge is 2.26. The fourth-order valence-electron chi connectivity index (χ4n) is 5.05. The van der Waals surface area contributed by atoms with E-state index < -0.39 is 0 Å². The van der Waals surface area contributed by atoms with Crippen molar-refractivity contribution in [2.45, 2.75) is 64.8 Å². The lowest BCUT2D eigenvalue weighted by atomic mass is 9.95. The first-order valence-corrected chi connectivity index (χ1v) is 12.0. The van der Waals surface area contributed by atoms with Crippen molar-refractivity contribution in [1.82, 2.24) is 19.8 Å².